The number of carbonyl (C=O) groups excluding carboxylic acids is 1. The first-order chi connectivity index (χ1) is 12.4. The first-order valence-corrected chi connectivity index (χ1v) is 8.76. The van der Waals surface area contributed by atoms with Gasteiger partial charge in [0, 0.05) is 6.54 Å². The van der Waals surface area contributed by atoms with E-state index in [0.717, 1.165) is 5.56 Å². The molecule has 0 spiro atoms. The van der Waals surface area contributed by atoms with Crippen molar-refractivity contribution in [3.63, 3.8) is 0 Å². The lowest BCUT2D eigenvalue weighted by atomic mass is 9.83. The minimum atomic E-state index is -0.658. The fourth-order valence-electron chi connectivity index (χ4n) is 3.09. The third kappa shape index (κ3) is 3.38. The van der Waals surface area contributed by atoms with Gasteiger partial charge in [-0.05, 0) is 38.5 Å². The number of H-pyrrole nitrogens is 1. The number of aromatic amines is 1. The Morgan fingerprint density at radius 1 is 1.08 bits per heavy atom. The predicted octanol–water partition coefficient (Wildman–Crippen LogP) is 3.25. The van der Waals surface area contributed by atoms with E-state index in [1.165, 1.54) is 0 Å². The maximum Gasteiger partial charge on any atom is 0.258 e. The molecule has 5 nitrogen and oxygen atoms in total. The lowest BCUT2D eigenvalue weighted by Gasteiger charge is -2.31. The third-order valence-corrected chi connectivity index (χ3v) is 4.70. The summed E-state index contributed by atoms with van der Waals surface area (Å²) in [6, 6.07) is 16.9. The maximum absolute atomic E-state index is 13.2. The van der Waals surface area contributed by atoms with Crippen LogP contribution in [0.5, 0.6) is 0 Å². The second-order valence-corrected chi connectivity index (χ2v) is 6.84. The minimum Gasteiger partial charge on any atom is -0.335 e. The van der Waals surface area contributed by atoms with Gasteiger partial charge in [0.1, 0.15) is 5.82 Å². The minimum absolute atomic E-state index is 0.00186. The second kappa shape index (κ2) is 7.12. The molecule has 0 aliphatic heterocycles. The zero-order valence-corrected chi connectivity index (χ0v) is 15.3. The molecule has 0 atom stereocenters. The van der Waals surface area contributed by atoms with Crippen LogP contribution in [0.4, 0.5) is 0 Å². The lowest BCUT2D eigenvalue weighted by molar-refractivity contribution is -0.136. The number of carbonyl (C=O) groups is 1. The van der Waals surface area contributed by atoms with E-state index in [2.05, 4.69) is 9.97 Å². The second-order valence-electron chi connectivity index (χ2n) is 6.84. The van der Waals surface area contributed by atoms with E-state index in [1.54, 1.807) is 17.0 Å². The summed E-state index contributed by atoms with van der Waals surface area (Å²) in [5.74, 6) is 0.495. The molecule has 0 unspecified atom stereocenters. The Kier molecular flexibility index (Phi) is 4.89. The molecule has 0 radical (unpaired) electrons. The average molecular weight is 349 g/mol. The zero-order chi connectivity index (χ0) is 18.7. The fourth-order valence-corrected chi connectivity index (χ4v) is 3.09. The van der Waals surface area contributed by atoms with Crippen molar-refractivity contribution in [2.75, 3.05) is 6.54 Å². The quantitative estimate of drug-likeness (QED) is 0.769. The molecule has 0 aliphatic carbocycles. The number of nitrogens with zero attached hydrogens (tertiary/aromatic N) is 2. The van der Waals surface area contributed by atoms with Gasteiger partial charge in [-0.15, -0.1) is 0 Å². The normalized spacial score (nSPS) is 11.5. The van der Waals surface area contributed by atoms with E-state index in [-0.39, 0.29) is 18.0 Å². The molecule has 3 rings (SSSR count). The standard InChI is InChI=1S/C21H23N3O2/c1-4-24(20(26)21(2,3)15-10-6-5-7-11-15)14-18-22-17-13-9-8-12-16(17)19(25)23-18/h5-13H,4,14H2,1-3H3,(H,22,23,25). The number of rotatable bonds is 5. The molecule has 0 saturated heterocycles. The molecule has 134 valence electrons. The van der Waals surface area contributed by atoms with Crippen LogP contribution >= 0.6 is 0 Å². The largest absolute Gasteiger partial charge is 0.335 e. The Hall–Kier alpha value is -2.95. The fraction of sp³-hybridized carbons (Fsp3) is 0.286. The number of benzene rings is 2. The van der Waals surface area contributed by atoms with Crippen LogP contribution in [0.15, 0.2) is 59.4 Å². The molecule has 0 saturated carbocycles. The summed E-state index contributed by atoms with van der Waals surface area (Å²) in [5.41, 5.74) is 0.755. The number of hydrogen-bond donors (Lipinski definition) is 1. The third-order valence-electron chi connectivity index (χ3n) is 4.70. The van der Waals surface area contributed by atoms with Crippen molar-refractivity contribution in [3.05, 3.63) is 76.3 Å². The lowest BCUT2D eigenvalue weighted by Crippen LogP contribution is -2.43. The highest BCUT2D eigenvalue weighted by Gasteiger charge is 2.33. The van der Waals surface area contributed by atoms with Crippen molar-refractivity contribution in [2.45, 2.75) is 32.7 Å². The Bertz CT molecular complexity index is 977. The van der Waals surface area contributed by atoms with Crippen LogP contribution < -0.4 is 5.56 Å². The van der Waals surface area contributed by atoms with Crippen LogP contribution in [0.3, 0.4) is 0 Å². The van der Waals surface area contributed by atoms with E-state index < -0.39 is 5.41 Å². The molecule has 0 aliphatic rings. The highest BCUT2D eigenvalue weighted by atomic mass is 16.2. The van der Waals surface area contributed by atoms with Gasteiger partial charge in [0.15, 0.2) is 0 Å². The molecule has 1 amide bonds. The van der Waals surface area contributed by atoms with E-state index in [1.807, 2.05) is 63.2 Å². The Labute approximate surface area is 152 Å². The van der Waals surface area contributed by atoms with Crippen molar-refractivity contribution in [3.8, 4) is 0 Å². The molecule has 1 heterocycles. The number of para-hydroxylation sites is 1. The first kappa shape index (κ1) is 17.9. The van der Waals surface area contributed by atoms with Crippen molar-refractivity contribution in [1.82, 2.24) is 14.9 Å². The van der Waals surface area contributed by atoms with Gasteiger partial charge in [0.2, 0.25) is 5.91 Å². The zero-order valence-electron chi connectivity index (χ0n) is 15.3. The Morgan fingerprint density at radius 2 is 1.73 bits per heavy atom. The van der Waals surface area contributed by atoms with Crippen LogP contribution in [0, 0.1) is 0 Å². The molecular formula is C21H23N3O2. The summed E-state index contributed by atoms with van der Waals surface area (Å²) >= 11 is 0. The van der Waals surface area contributed by atoms with Crippen LogP contribution in [0.1, 0.15) is 32.2 Å². The van der Waals surface area contributed by atoms with Gasteiger partial charge in [0.05, 0.1) is 22.9 Å². The van der Waals surface area contributed by atoms with Gasteiger partial charge >= 0.3 is 0 Å². The van der Waals surface area contributed by atoms with Crippen LogP contribution in [0.25, 0.3) is 10.9 Å². The summed E-state index contributed by atoms with van der Waals surface area (Å²) in [4.78, 5) is 34.4. The number of aromatic nitrogens is 2. The smallest absolute Gasteiger partial charge is 0.258 e. The summed E-state index contributed by atoms with van der Waals surface area (Å²) in [6.45, 7) is 6.57. The molecule has 1 aromatic heterocycles. The average Bonchev–Trinajstić information content (AvgIpc) is 2.66. The van der Waals surface area contributed by atoms with Gasteiger partial charge in [0.25, 0.3) is 5.56 Å². The monoisotopic (exact) mass is 349 g/mol. The first-order valence-electron chi connectivity index (χ1n) is 8.76. The molecule has 5 heteroatoms. The van der Waals surface area contributed by atoms with Crippen molar-refractivity contribution in [1.29, 1.82) is 0 Å². The van der Waals surface area contributed by atoms with Gasteiger partial charge in [-0.3, -0.25) is 9.59 Å². The van der Waals surface area contributed by atoms with Crippen molar-refractivity contribution >= 4 is 16.8 Å². The summed E-state index contributed by atoms with van der Waals surface area (Å²) in [6.07, 6.45) is 0. The SMILES string of the molecule is CCN(Cc1nc2ccccc2c(=O)[nH]1)C(=O)C(C)(C)c1ccccc1. The van der Waals surface area contributed by atoms with Crippen LogP contribution in [-0.4, -0.2) is 27.3 Å². The van der Waals surface area contributed by atoms with Gasteiger partial charge < -0.3 is 9.88 Å². The van der Waals surface area contributed by atoms with E-state index in [0.29, 0.717) is 23.3 Å². The van der Waals surface area contributed by atoms with Gasteiger partial charge in [-0.25, -0.2) is 4.98 Å². The molecular weight excluding hydrogens is 326 g/mol. The highest BCUT2D eigenvalue weighted by molar-refractivity contribution is 5.87. The molecule has 26 heavy (non-hydrogen) atoms. The van der Waals surface area contributed by atoms with E-state index in [4.69, 9.17) is 0 Å². The number of likely N-dealkylation sites (N-methyl/N-ethyl adjacent to an activating group) is 1. The topological polar surface area (TPSA) is 66.1 Å². The number of fused-ring (bicyclic) bond motifs is 1. The maximum atomic E-state index is 13.2. The summed E-state index contributed by atoms with van der Waals surface area (Å²) < 4.78 is 0. The number of nitrogens with one attached hydrogen (secondary N) is 1. The number of amides is 1. The molecule has 2 aromatic carbocycles. The molecule has 0 bridgehead atoms. The highest BCUT2D eigenvalue weighted by Crippen LogP contribution is 2.26. The Balaban J connectivity index is 1.90. The predicted molar refractivity (Wildman–Crippen MR) is 103 cm³/mol. The molecule has 3 aromatic rings. The van der Waals surface area contributed by atoms with Crippen molar-refractivity contribution in [2.24, 2.45) is 0 Å². The summed E-state index contributed by atoms with van der Waals surface area (Å²) in [5, 5.41) is 0.551. The Morgan fingerprint density at radius 3 is 2.42 bits per heavy atom. The van der Waals surface area contributed by atoms with Gasteiger partial charge in [-0.1, -0.05) is 42.5 Å². The van der Waals surface area contributed by atoms with Gasteiger partial charge in [-0.2, -0.15) is 0 Å². The van der Waals surface area contributed by atoms with Crippen molar-refractivity contribution < 1.29 is 4.79 Å². The number of hydrogen-bond acceptors (Lipinski definition) is 3. The van der Waals surface area contributed by atoms with Crippen LogP contribution in [-0.2, 0) is 16.8 Å². The molecule has 1 N–H and O–H groups in total. The van der Waals surface area contributed by atoms with E-state index in [9.17, 15) is 9.59 Å². The van der Waals surface area contributed by atoms with Crippen LogP contribution in [0.2, 0.25) is 0 Å². The van der Waals surface area contributed by atoms with E-state index >= 15 is 0 Å². The summed E-state index contributed by atoms with van der Waals surface area (Å²) in [7, 11) is 0. The molecule has 0 fully saturated rings.